The first-order valence-corrected chi connectivity index (χ1v) is 8.01. The molecule has 154 valence electrons. The Bertz CT molecular complexity index is 972. The smallest absolute Gasteiger partial charge is 0.388 e. The molecule has 3 rings (SSSR count). The van der Waals surface area contributed by atoms with Gasteiger partial charge in [-0.15, -0.1) is 0 Å². The summed E-state index contributed by atoms with van der Waals surface area (Å²) >= 11 is 0. The van der Waals surface area contributed by atoms with Crippen molar-refractivity contribution in [2.75, 3.05) is 18.5 Å². The Kier molecular flexibility index (Phi) is 5.64. The fraction of sp³-hybridized carbons (Fsp3) is 0.235. The van der Waals surface area contributed by atoms with Crippen LogP contribution in [0.5, 0.6) is 5.88 Å². The number of aliphatic imine (C=N–C) groups is 1. The van der Waals surface area contributed by atoms with Crippen LogP contribution in [0.3, 0.4) is 0 Å². The fourth-order valence-corrected chi connectivity index (χ4v) is 2.64. The van der Waals surface area contributed by atoms with Gasteiger partial charge in [-0.05, 0) is 18.2 Å². The number of hydrogen-bond donors (Lipinski definition) is 2. The molecule has 0 spiro atoms. The van der Waals surface area contributed by atoms with Crippen LogP contribution in [0, 0.1) is 17.5 Å². The summed E-state index contributed by atoms with van der Waals surface area (Å²) in [5.41, 5.74) is 2.34. The van der Waals surface area contributed by atoms with Gasteiger partial charge in [-0.2, -0.15) is 0 Å². The number of nitrogens with zero attached hydrogens (tertiary/aromatic N) is 2. The number of carbonyl (C=O) groups excluding carboxylic acids is 1. The Balaban J connectivity index is 1.87. The first kappa shape index (κ1) is 20.5. The lowest BCUT2D eigenvalue weighted by Crippen LogP contribution is -2.45. The Labute approximate surface area is 160 Å². The highest BCUT2D eigenvalue weighted by atomic mass is 19.3. The van der Waals surface area contributed by atoms with E-state index in [0.29, 0.717) is 12.3 Å². The van der Waals surface area contributed by atoms with Gasteiger partial charge < -0.3 is 15.2 Å². The Hall–Kier alpha value is -3.28. The van der Waals surface area contributed by atoms with Gasteiger partial charge in [0.25, 0.3) is 12.3 Å². The topological polar surface area (TPSA) is 98.8 Å². The highest BCUT2D eigenvalue weighted by Crippen LogP contribution is 2.38. The van der Waals surface area contributed by atoms with Crippen molar-refractivity contribution in [1.82, 2.24) is 4.98 Å². The van der Waals surface area contributed by atoms with Gasteiger partial charge in [0.05, 0.1) is 12.8 Å². The minimum Gasteiger partial charge on any atom is -0.388 e. The van der Waals surface area contributed by atoms with Crippen molar-refractivity contribution in [3.63, 3.8) is 0 Å². The number of ether oxygens (including phenoxy) is 2. The molecule has 1 aromatic heterocycles. The summed E-state index contributed by atoms with van der Waals surface area (Å²) < 4.78 is 77.8. The van der Waals surface area contributed by atoms with E-state index >= 15 is 0 Å². The van der Waals surface area contributed by atoms with Crippen molar-refractivity contribution in [1.29, 1.82) is 0 Å². The Morgan fingerprint density at radius 3 is 2.66 bits per heavy atom. The first-order chi connectivity index (χ1) is 13.7. The molecule has 0 unspecified atom stereocenters. The fourth-order valence-electron chi connectivity index (χ4n) is 2.64. The molecule has 0 saturated carbocycles. The molecule has 1 aliphatic rings. The number of benzene rings is 1. The first-order valence-electron chi connectivity index (χ1n) is 8.01. The lowest BCUT2D eigenvalue weighted by atomic mass is 9.90. The summed E-state index contributed by atoms with van der Waals surface area (Å²) in [5.74, 6) is -4.30. The van der Waals surface area contributed by atoms with E-state index in [2.05, 4.69) is 20.0 Å². The molecule has 7 nitrogen and oxygen atoms in total. The molecule has 29 heavy (non-hydrogen) atoms. The largest absolute Gasteiger partial charge is 0.418 e. The van der Waals surface area contributed by atoms with E-state index in [4.69, 9.17) is 10.5 Å². The van der Waals surface area contributed by atoms with Crippen LogP contribution in [-0.4, -0.2) is 36.6 Å². The number of anilines is 1. The molecule has 1 aliphatic heterocycles. The van der Waals surface area contributed by atoms with Gasteiger partial charge in [-0.1, -0.05) is 0 Å². The van der Waals surface area contributed by atoms with E-state index in [1.54, 1.807) is 0 Å². The van der Waals surface area contributed by atoms with Crippen molar-refractivity contribution >= 4 is 17.6 Å². The van der Waals surface area contributed by atoms with E-state index in [9.17, 15) is 26.7 Å². The zero-order valence-corrected chi connectivity index (χ0v) is 14.5. The maximum absolute atomic E-state index is 14.3. The molecule has 3 N–H and O–H groups in total. The third kappa shape index (κ3) is 4.26. The molecule has 1 aromatic carbocycles. The molecule has 0 bridgehead atoms. The molecule has 1 atom stereocenters. The van der Waals surface area contributed by atoms with Crippen molar-refractivity contribution in [2.24, 2.45) is 10.7 Å². The Morgan fingerprint density at radius 1 is 1.24 bits per heavy atom. The number of carbonyl (C=O) groups is 1. The number of nitrogens with two attached hydrogens (primary N) is 1. The number of amides is 1. The van der Waals surface area contributed by atoms with Crippen LogP contribution in [0.25, 0.3) is 0 Å². The number of alkyl halides is 2. The summed E-state index contributed by atoms with van der Waals surface area (Å²) in [6.45, 7) is -0.822. The third-order valence-corrected chi connectivity index (χ3v) is 3.92. The minimum absolute atomic E-state index is 0.159. The van der Waals surface area contributed by atoms with Crippen molar-refractivity contribution < 1.29 is 36.2 Å². The van der Waals surface area contributed by atoms with E-state index < -0.39 is 53.6 Å². The van der Waals surface area contributed by atoms with E-state index in [0.717, 1.165) is 18.2 Å². The van der Waals surface area contributed by atoms with E-state index in [-0.39, 0.29) is 18.1 Å². The highest BCUT2D eigenvalue weighted by Gasteiger charge is 2.46. The number of aromatic nitrogens is 1. The molecular formula is C17H13F5N4O3. The quantitative estimate of drug-likeness (QED) is 0.747. The minimum atomic E-state index is -3.17. The van der Waals surface area contributed by atoms with Gasteiger partial charge in [0.2, 0.25) is 0 Å². The summed E-state index contributed by atoms with van der Waals surface area (Å²) in [4.78, 5) is 18.9. The van der Waals surface area contributed by atoms with Gasteiger partial charge in [-0.25, -0.2) is 31.7 Å². The number of halogens is 5. The molecule has 0 radical (unpaired) electrons. The predicted octanol–water partition coefficient (Wildman–Crippen LogP) is 2.96. The van der Waals surface area contributed by atoms with Gasteiger partial charge in [0, 0.05) is 17.3 Å². The van der Waals surface area contributed by atoms with Gasteiger partial charge in [0.15, 0.2) is 11.4 Å². The van der Waals surface area contributed by atoms with E-state index in [1.165, 1.54) is 0 Å². The third-order valence-electron chi connectivity index (χ3n) is 3.92. The van der Waals surface area contributed by atoms with Crippen LogP contribution in [0.15, 0.2) is 35.5 Å². The average Bonchev–Trinajstić information content (AvgIpc) is 2.65. The van der Waals surface area contributed by atoms with Crippen molar-refractivity contribution in [3.8, 4) is 5.88 Å². The zero-order chi connectivity index (χ0) is 21.2. The number of pyridine rings is 1. The average molecular weight is 416 g/mol. The van der Waals surface area contributed by atoms with Crippen LogP contribution in [0.1, 0.15) is 5.56 Å². The summed E-state index contributed by atoms with van der Waals surface area (Å²) in [6.07, 6.45) is -3.82. The number of hydrogen-bond acceptors (Lipinski definition) is 6. The molecule has 0 aliphatic carbocycles. The molecular weight excluding hydrogens is 403 g/mol. The molecule has 0 saturated heterocycles. The second-order valence-electron chi connectivity index (χ2n) is 5.97. The van der Waals surface area contributed by atoms with Crippen LogP contribution in [0.2, 0.25) is 0 Å². The summed E-state index contributed by atoms with van der Waals surface area (Å²) in [5, 5.41) is 2.11. The monoisotopic (exact) mass is 416 g/mol. The molecule has 0 fully saturated rings. The lowest BCUT2D eigenvalue weighted by molar-refractivity contribution is -0.0145. The highest BCUT2D eigenvalue weighted by molar-refractivity contribution is 5.86. The summed E-state index contributed by atoms with van der Waals surface area (Å²) in [6, 6.07) is 3.24. The molecule has 12 heteroatoms. The van der Waals surface area contributed by atoms with E-state index in [1.807, 2.05) is 0 Å². The second-order valence-corrected chi connectivity index (χ2v) is 5.97. The standard InChI is InChI=1S/C17H13F5N4O3/c18-8-3-12(20)14(24-5-8)29-16(27)25-9-1-2-11(19)10(4-9)17(15(21)22)7-28-6-13(23)26-17/h1-5,15H,6-7H2,(H2,23,26)(H,25,27)/t17-/m0/s1. The lowest BCUT2D eigenvalue weighted by Gasteiger charge is -2.33. The normalized spacial score (nSPS) is 19.0. The predicted molar refractivity (Wildman–Crippen MR) is 90.3 cm³/mol. The SMILES string of the molecule is NC1=N[C@@](c2cc(NC(=O)Oc3ncc(F)cc3F)ccc2F)(C(F)F)COC1. The molecule has 2 aromatic rings. The number of nitrogens with one attached hydrogen (secondary N) is 1. The van der Waals surface area contributed by atoms with Crippen molar-refractivity contribution in [2.45, 2.75) is 12.0 Å². The second kappa shape index (κ2) is 7.99. The number of amidine groups is 1. The maximum Gasteiger partial charge on any atom is 0.418 e. The van der Waals surface area contributed by atoms with Crippen LogP contribution in [-0.2, 0) is 10.3 Å². The number of rotatable bonds is 4. The van der Waals surface area contributed by atoms with Gasteiger partial charge in [0.1, 0.15) is 24.1 Å². The van der Waals surface area contributed by atoms with Crippen molar-refractivity contribution in [3.05, 3.63) is 53.5 Å². The van der Waals surface area contributed by atoms with Gasteiger partial charge in [-0.3, -0.25) is 10.3 Å². The zero-order valence-electron chi connectivity index (χ0n) is 14.5. The molecule has 2 heterocycles. The van der Waals surface area contributed by atoms with Crippen LogP contribution >= 0.6 is 0 Å². The Morgan fingerprint density at radius 2 is 2.00 bits per heavy atom. The summed E-state index contributed by atoms with van der Waals surface area (Å²) in [7, 11) is 0. The molecule has 1 amide bonds. The maximum atomic E-state index is 14.3. The van der Waals surface area contributed by atoms with Gasteiger partial charge >= 0.3 is 6.09 Å². The van der Waals surface area contributed by atoms with Crippen LogP contribution < -0.4 is 15.8 Å². The van der Waals surface area contributed by atoms with Crippen LogP contribution in [0.4, 0.5) is 32.4 Å².